The van der Waals surface area contributed by atoms with Gasteiger partial charge in [0.1, 0.15) is 6.29 Å². The number of benzene rings is 1. The van der Waals surface area contributed by atoms with Crippen LogP contribution < -0.4 is 9.47 Å². The van der Waals surface area contributed by atoms with E-state index in [-0.39, 0.29) is 17.4 Å². The van der Waals surface area contributed by atoms with Crippen molar-refractivity contribution in [2.75, 3.05) is 20.3 Å². The van der Waals surface area contributed by atoms with Crippen molar-refractivity contribution < 1.29 is 23.8 Å². The molecule has 6 heteroatoms. The lowest BCUT2D eigenvalue weighted by atomic mass is 10.2. The summed E-state index contributed by atoms with van der Waals surface area (Å²) in [7, 11) is 1.26. The molecule has 0 heterocycles. The summed E-state index contributed by atoms with van der Waals surface area (Å²) in [6.07, 6.45) is 0.651. The maximum atomic E-state index is 11.0. The molecule has 98 valence electrons. The molecule has 0 aromatic heterocycles. The normalized spacial score (nSPS) is 9.72. The zero-order valence-electron chi connectivity index (χ0n) is 10.1. The molecule has 0 N–H and O–H groups in total. The van der Waals surface area contributed by atoms with Crippen molar-refractivity contribution >= 4 is 23.9 Å². The summed E-state index contributed by atoms with van der Waals surface area (Å²) in [6, 6.07) is 2.93. The maximum absolute atomic E-state index is 11.0. The largest absolute Gasteiger partial charge is 0.490 e. The van der Waals surface area contributed by atoms with Gasteiger partial charge in [-0.15, -0.1) is 0 Å². The van der Waals surface area contributed by atoms with Gasteiger partial charge in [0, 0.05) is 5.56 Å². The van der Waals surface area contributed by atoms with Crippen LogP contribution in [0.2, 0.25) is 5.02 Å². The summed E-state index contributed by atoms with van der Waals surface area (Å²) in [5.41, 5.74) is 0.369. The van der Waals surface area contributed by atoms with Gasteiger partial charge in [-0.05, 0) is 19.1 Å². The van der Waals surface area contributed by atoms with Crippen molar-refractivity contribution in [3.63, 3.8) is 0 Å². The molecule has 0 aliphatic rings. The second-order valence-electron chi connectivity index (χ2n) is 3.25. The third-order valence-corrected chi connectivity index (χ3v) is 2.31. The summed E-state index contributed by atoms with van der Waals surface area (Å²) in [4.78, 5) is 21.7. The van der Waals surface area contributed by atoms with E-state index in [4.69, 9.17) is 21.1 Å². The van der Waals surface area contributed by atoms with E-state index in [2.05, 4.69) is 4.74 Å². The Kier molecular flexibility index (Phi) is 5.45. The quantitative estimate of drug-likeness (QED) is 0.586. The molecule has 1 aromatic rings. The molecule has 0 saturated carbocycles. The SMILES string of the molecule is CCOc1cc(C=O)cc(Cl)c1OCC(=O)OC. The maximum Gasteiger partial charge on any atom is 0.343 e. The summed E-state index contributed by atoms with van der Waals surface area (Å²) in [6.45, 7) is 1.88. The van der Waals surface area contributed by atoms with E-state index < -0.39 is 5.97 Å². The fraction of sp³-hybridized carbons (Fsp3) is 0.333. The van der Waals surface area contributed by atoms with Crippen molar-refractivity contribution in [3.05, 3.63) is 22.7 Å². The average Bonchev–Trinajstić information content (AvgIpc) is 2.37. The number of ether oxygens (including phenoxy) is 3. The zero-order valence-corrected chi connectivity index (χ0v) is 10.8. The number of aldehydes is 1. The van der Waals surface area contributed by atoms with E-state index in [0.717, 1.165) is 0 Å². The zero-order chi connectivity index (χ0) is 13.5. The Morgan fingerprint density at radius 3 is 2.67 bits per heavy atom. The van der Waals surface area contributed by atoms with E-state index in [1.165, 1.54) is 19.2 Å². The van der Waals surface area contributed by atoms with E-state index >= 15 is 0 Å². The van der Waals surface area contributed by atoms with Crippen molar-refractivity contribution in [2.45, 2.75) is 6.92 Å². The topological polar surface area (TPSA) is 61.8 Å². The fourth-order valence-electron chi connectivity index (χ4n) is 1.25. The Labute approximate surface area is 110 Å². The molecule has 0 unspecified atom stereocenters. The summed E-state index contributed by atoms with van der Waals surface area (Å²) < 4.78 is 15.0. The predicted octanol–water partition coefficient (Wildman–Crippen LogP) is 2.10. The molecule has 5 nitrogen and oxygen atoms in total. The van der Waals surface area contributed by atoms with Gasteiger partial charge < -0.3 is 14.2 Å². The van der Waals surface area contributed by atoms with Gasteiger partial charge in [-0.3, -0.25) is 4.79 Å². The Morgan fingerprint density at radius 2 is 2.11 bits per heavy atom. The van der Waals surface area contributed by atoms with Crippen molar-refractivity contribution in [1.82, 2.24) is 0 Å². The van der Waals surface area contributed by atoms with E-state index in [1.54, 1.807) is 6.92 Å². The molecule has 0 radical (unpaired) electrons. The minimum absolute atomic E-state index is 0.201. The number of carbonyl (C=O) groups excluding carboxylic acids is 2. The molecule has 0 atom stereocenters. The van der Waals surface area contributed by atoms with Crippen LogP contribution in [0, 0.1) is 0 Å². The van der Waals surface area contributed by atoms with Crippen molar-refractivity contribution in [2.24, 2.45) is 0 Å². The molecule has 0 spiro atoms. The van der Waals surface area contributed by atoms with Crippen molar-refractivity contribution in [1.29, 1.82) is 0 Å². The summed E-state index contributed by atoms with van der Waals surface area (Å²) in [5.74, 6) is -0.00139. The van der Waals surface area contributed by atoms with Crippen LogP contribution in [0.5, 0.6) is 11.5 Å². The third kappa shape index (κ3) is 3.63. The minimum atomic E-state index is -0.534. The monoisotopic (exact) mass is 272 g/mol. The molecule has 1 aromatic carbocycles. The highest BCUT2D eigenvalue weighted by atomic mass is 35.5. The Hall–Kier alpha value is -1.75. The summed E-state index contributed by atoms with van der Waals surface area (Å²) >= 11 is 5.96. The molecular weight excluding hydrogens is 260 g/mol. The minimum Gasteiger partial charge on any atom is -0.490 e. The van der Waals surface area contributed by atoms with Gasteiger partial charge >= 0.3 is 5.97 Å². The number of methoxy groups -OCH3 is 1. The lowest BCUT2D eigenvalue weighted by Gasteiger charge is -2.13. The van der Waals surface area contributed by atoms with Crippen LogP contribution in [-0.4, -0.2) is 32.6 Å². The van der Waals surface area contributed by atoms with Crippen molar-refractivity contribution in [3.8, 4) is 11.5 Å². The number of esters is 1. The number of halogens is 1. The highest BCUT2D eigenvalue weighted by Crippen LogP contribution is 2.36. The smallest absolute Gasteiger partial charge is 0.343 e. The second-order valence-corrected chi connectivity index (χ2v) is 3.65. The van der Waals surface area contributed by atoms with Crippen LogP contribution in [0.1, 0.15) is 17.3 Å². The Bertz CT molecular complexity index is 444. The highest BCUT2D eigenvalue weighted by molar-refractivity contribution is 6.32. The first kappa shape index (κ1) is 14.3. The fourth-order valence-corrected chi connectivity index (χ4v) is 1.52. The third-order valence-electron chi connectivity index (χ3n) is 2.03. The number of hydrogen-bond acceptors (Lipinski definition) is 5. The van der Waals surface area contributed by atoms with Gasteiger partial charge in [-0.2, -0.15) is 0 Å². The molecule has 0 aliphatic heterocycles. The average molecular weight is 273 g/mol. The van der Waals surface area contributed by atoms with Gasteiger partial charge in [0.05, 0.1) is 18.7 Å². The highest BCUT2D eigenvalue weighted by Gasteiger charge is 2.14. The number of carbonyl (C=O) groups is 2. The molecule has 0 amide bonds. The first-order valence-electron chi connectivity index (χ1n) is 5.23. The van der Waals surface area contributed by atoms with Crippen LogP contribution in [-0.2, 0) is 9.53 Å². The van der Waals surface area contributed by atoms with Gasteiger partial charge in [-0.1, -0.05) is 11.6 Å². The second kappa shape index (κ2) is 6.86. The van der Waals surface area contributed by atoms with Crippen LogP contribution in [0.15, 0.2) is 12.1 Å². The van der Waals surface area contributed by atoms with Crippen LogP contribution in [0.25, 0.3) is 0 Å². The Morgan fingerprint density at radius 1 is 1.39 bits per heavy atom. The molecule has 0 aliphatic carbocycles. The number of rotatable bonds is 6. The standard InChI is InChI=1S/C12H13ClO5/c1-3-17-10-5-8(6-14)4-9(13)12(10)18-7-11(15)16-2/h4-6H,3,7H2,1-2H3. The molecule has 0 fully saturated rings. The molecule has 18 heavy (non-hydrogen) atoms. The van der Waals surface area contributed by atoms with Crippen LogP contribution >= 0.6 is 11.6 Å². The van der Waals surface area contributed by atoms with Crippen LogP contribution in [0.4, 0.5) is 0 Å². The van der Waals surface area contributed by atoms with Gasteiger partial charge in [-0.25, -0.2) is 4.79 Å². The molecule has 1 rings (SSSR count). The number of hydrogen-bond donors (Lipinski definition) is 0. The predicted molar refractivity (Wildman–Crippen MR) is 65.5 cm³/mol. The molecule has 0 bridgehead atoms. The molecular formula is C12H13ClO5. The lowest BCUT2D eigenvalue weighted by Crippen LogP contribution is -2.13. The summed E-state index contributed by atoms with van der Waals surface area (Å²) in [5, 5.41) is 0.201. The van der Waals surface area contributed by atoms with E-state index in [9.17, 15) is 9.59 Å². The van der Waals surface area contributed by atoms with Gasteiger partial charge in [0.15, 0.2) is 18.1 Å². The van der Waals surface area contributed by atoms with Crippen LogP contribution in [0.3, 0.4) is 0 Å². The van der Waals surface area contributed by atoms with Gasteiger partial charge in [0.25, 0.3) is 0 Å². The Balaban J connectivity index is 2.99. The van der Waals surface area contributed by atoms with E-state index in [0.29, 0.717) is 24.2 Å². The van der Waals surface area contributed by atoms with E-state index in [1.807, 2.05) is 0 Å². The molecule has 0 saturated heterocycles. The lowest BCUT2D eigenvalue weighted by molar-refractivity contribution is -0.142. The first-order valence-corrected chi connectivity index (χ1v) is 5.61. The first-order chi connectivity index (χ1) is 8.62. The van der Waals surface area contributed by atoms with Gasteiger partial charge in [0.2, 0.25) is 0 Å².